The van der Waals surface area contributed by atoms with Crippen molar-refractivity contribution in [2.75, 3.05) is 14.2 Å². The van der Waals surface area contributed by atoms with E-state index in [1.54, 1.807) is 7.11 Å². The fraction of sp³-hybridized carbons (Fsp3) is 1.00. The van der Waals surface area contributed by atoms with Gasteiger partial charge in [-0.3, -0.25) is 0 Å². The van der Waals surface area contributed by atoms with Crippen molar-refractivity contribution in [3.63, 3.8) is 0 Å². The Morgan fingerprint density at radius 3 is 1.20 bits per heavy atom. The molecule has 0 aromatic carbocycles. The molecule has 0 aliphatic carbocycles. The van der Waals surface area contributed by atoms with Crippen LogP contribution in [0.15, 0.2) is 0 Å². The minimum atomic E-state index is -5.39. The van der Waals surface area contributed by atoms with Gasteiger partial charge in [-0.15, -0.1) is 0 Å². The SMILES string of the molecule is CO.CO[Si](C)(C)C.C[Si](C)(C)OS(=O)(=O)C(F)(F)F. The standard InChI is InChI=1S/C4H9F3O3SSi.C4H12OSi.CH4O/c1-12(2,3)10-11(8,9)4(5,6)7;1-5-6(2,3)4;1-2/h1-3H3;1-4H3;2H,1H3. The maximum absolute atomic E-state index is 11.7. The van der Waals surface area contributed by atoms with Crippen LogP contribution in [0.25, 0.3) is 0 Å². The van der Waals surface area contributed by atoms with Crippen LogP contribution in [0.3, 0.4) is 0 Å². The number of alkyl halides is 3. The third-order valence-electron chi connectivity index (χ3n) is 1.26. The van der Waals surface area contributed by atoms with Gasteiger partial charge in [-0.25, -0.2) is 0 Å². The summed E-state index contributed by atoms with van der Waals surface area (Å²) >= 11 is 0. The Bertz CT molecular complexity index is 344. The van der Waals surface area contributed by atoms with Crippen LogP contribution in [0.1, 0.15) is 0 Å². The molecule has 0 saturated heterocycles. The molecule has 0 amide bonds. The predicted molar refractivity (Wildman–Crippen MR) is 77.9 cm³/mol. The zero-order valence-electron chi connectivity index (χ0n) is 13.1. The van der Waals surface area contributed by atoms with Crippen molar-refractivity contribution < 1.29 is 35.0 Å². The molecule has 0 fully saturated rings. The zero-order chi connectivity index (χ0) is 17.4. The predicted octanol–water partition coefficient (Wildman–Crippen LogP) is 2.76. The quantitative estimate of drug-likeness (QED) is 0.620. The molecule has 0 unspecified atom stereocenters. The summed E-state index contributed by atoms with van der Waals surface area (Å²) in [5.74, 6) is 0. The second-order valence-electron chi connectivity index (χ2n) is 5.41. The van der Waals surface area contributed by atoms with E-state index < -0.39 is 32.3 Å². The molecule has 0 atom stereocenters. The van der Waals surface area contributed by atoms with Crippen LogP contribution in [0, 0.1) is 0 Å². The van der Waals surface area contributed by atoms with Crippen LogP contribution in [0.5, 0.6) is 0 Å². The molecule has 1 N–H and O–H groups in total. The molecule has 0 rings (SSSR count). The number of aliphatic hydroxyl groups excluding tert-OH is 1. The van der Waals surface area contributed by atoms with E-state index in [4.69, 9.17) is 9.53 Å². The van der Waals surface area contributed by atoms with Crippen LogP contribution in [-0.4, -0.2) is 49.9 Å². The summed E-state index contributed by atoms with van der Waals surface area (Å²) < 4.78 is 64.8. The molecule has 126 valence electrons. The second kappa shape index (κ2) is 9.15. The number of aliphatic hydroxyl groups is 1. The van der Waals surface area contributed by atoms with E-state index in [1.165, 1.54) is 19.6 Å². The van der Waals surface area contributed by atoms with Crippen molar-refractivity contribution in [3.05, 3.63) is 0 Å². The van der Waals surface area contributed by atoms with Gasteiger partial charge in [0, 0.05) is 14.2 Å². The Labute approximate surface area is 121 Å². The molecule has 0 aromatic rings. The summed E-state index contributed by atoms with van der Waals surface area (Å²) in [6.45, 7) is 10.6. The number of halogens is 3. The van der Waals surface area contributed by atoms with E-state index in [0.29, 0.717) is 0 Å². The van der Waals surface area contributed by atoms with Crippen molar-refractivity contribution >= 4 is 26.8 Å². The van der Waals surface area contributed by atoms with Gasteiger partial charge in [0.15, 0.2) is 8.32 Å². The minimum Gasteiger partial charge on any atom is -0.421 e. The second-order valence-corrected chi connectivity index (χ2v) is 16.3. The maximum Gasteiger partial charge on any atom is 0.522 e. The van der Waals surface area contributed by atoms with Gasteiger partial charge in [-0.1, -0.05) is 0 Å². The number of rotatable bonds is 3. The molecule has 5 nitrogen and oxygen atoms in total. The molecule has 0 spiro atoms. The van der Waals surface area contributed by atoms with Crippen LogP contribution < -0.4 is 0 Å². The fourth-order valence-electron chi connectivity index (χ4n) is 0.376. The first-order valence-electron chi connectivity index (χ1n) is 5.53. The molecule has 0 saturated carbocycles. The average molecular weight is 359 g/mol. The Morgan fingerprint density at radius 2 is 1.15 bits per heavy atom. The van der Waals surface area contributed by atoms with Gasteiger partial charge in [0.2, 0.25) is 8.32 Å². The largest absolute Gasteiger partial charge is 0.522 e. The first kappa shape index (κ1) is 25.0. The summed E-state index contributed by atoms with van der Waals surface area (Å²) in [5.41, 5.74) is -5.31. The summed E-state index contributed by atoms with van der Waals surface area (Å²) in [5, 5.41) is 7.00. The highest BCUT2D eigenvalue weighted by atomic mass is 32.2. The highest BCUT2D eigenvalue weighted by molar-refractivity contribution is 7.88. The lowest BCUT2D eigenvalue weighted by atomic mass is 11.6. The minimum absolute atomic E-state index is 1.00. The van der Waals surface area contributed by atoms with Crippen molar-refractivity contribution in [2.45, 2.75) is 44.8 Å². The summed E-state index contributed by atoms with van der Waals surface area (Å²) in [7, 11) is -6.47. The molecule has 0 radical (unpaired) electrons. The molecule has 0 aliphatic rings. The molecular formula is C9H25F3O5SSi2. The van der Waals surface area contributed by atoms with Gasteiger partial charge >= 0.3 is 15.6 Å². The third-order valence-corrected chi connectivity index (χ3v) is 5.92. The van der Waals surface area contributed by atoms with Crippen molar-refractivity contribution in [1.29, 1.82) is 0 Å². The lowest BCUT2D eigenvalue weighted by Crippen LogP contribution is -2.36. The summed E-state index contributed by atoms with van der Waals surface area (Å²) in [4.78, 5) is 0. The van der Waals surface area contributed by atoms with Crippen LogP contribution in [-0.2, 0) is 18.4 Å². The lowest BCUT2D eigenvalue weighted by molar-refractivity contribution is -0.0503. The molecule has 0 aliphatic heterocycles. The number of hydrogen-bond donors (Lipinski definition) is 1. The number of hydrogen-bond acceptors (Lipinski definition) is 5. The Kier molecular flexibility index (Phi) is 11.5. The summed E-state index contributed by atoms with van der Waals surface area (Å²) in [6.07, 6.45) is 0. The van der Waals surface area contributed by atoms with Crippen molar-refractivity contribution in [1.82, 2.24) is 0 Å². The average Bonchev–Trinajstić information content (AvgIpc) is 2.15. The highest BCUT2D eigenvalue weighted by Crippen LogP contribution is 2.27. The smallest absolute Gasteiger partial charge is 0.421 e. The maximum atomic E-state index is 11.7. The highest BCUT2D eigenvalue weighted by Gasteiger charge is 2.49. The van der Waals surface area contributed by atoms with Gasteiger partial charge in [0.05, 0.1) is 0 Å². The Morgan fingerprint density at radius 1 is 0.900 bits per heavy atom. The van der Waals surface area contributed by atoms with E-state index in [0.717, 1.165) is 7.11 Å². The molecule has 0 heterocycles. The lowest BCUT2D eigenvalue weighted by Gasteiger charge is -2.17. The van der Waals surface area contributed by atoms with Crippen molar-refractivity contribution in [3.8, 4) is 0 Å². The first-order chi connectivity index (χ1) is 8.52. The van der Waals surface area contributed by atoms with Gasteiger partial charge in [-0.05, 0) is 39.3 Å². The first-order valence-corrected chi connectivity index (χ1v) is 13.8. The topological polar surface area (TPSA) is 72.8 Å². The van der Waals surface area contributed by atoms with Crippen LogP contribution in [0.2, 0.25) is 39.3 Å². The van der Waals surface area contributed by atoms with Gasteiger partial charge in [-0.2, -0.15) is 21.6 Å². The van der Waals surface area contributed by atoms with E-state index in [-0.39, 0.29) is 0 Å². The Hall–Kier alpha value is 0.0538. The normalized spacial score (nSPS) is 12.8. The molecule has 0 bridgehead atoms. The molecule has 20 heavy (non-hydrogen) atoms. The molecular weight excluding hydrogens is 333 g/mol. The molecule has 0 aromatic heterocycles. The summed E-state index contributed by atoms with van der Waals surface area (Å²) in [6, 6.07) is 0. The van der Waals surface area contributed by atoms with Gasteiger partial charge < -0.3 is 13.4 Å². The van der Waals surface area contributed by atoms with Crippen LogP contribution in [0.4, 0.5) is 13.2 Å². The van der Waals surface area contributed by atoms with Crippen LogP contribution >= 0.6 is 0 Å². The van der Waals surface area contributed by atoms with E-state index in [1.807, 2.05) is 0 Å². The zero-order valence-corrected chi connectivity index (χ0v) is 15.9. The van der Waals surface area contributed by atoms with Gasteiger partial charge in [0.1, 0.15) is 0 Å². The van der Waals surface area contributed by atoms with E-state index in [9.17, 15) is 21.6 Å². The fourth-order valence-corrected chi connectivity index (χ4v) is 3.39. The molecule has 11 heteroatoms. The van der Waals surface area contributed by atoms with Crippen molar-refractivity contribution in [2.24, 2.45) is 0 Å². The third kappa shape index (κ3) is 16.1. The Balaban J connectivity index is -0.000000304. The monoisotopic (exact) mass is 358 g/mol. The van der Waals surface area contributed by atoms with Gasteiger partial charge in [0.25, 0.3) is 0 Å². The van der Waals surface area contributed by atoms with E-state index >= 15 is 0 Å². The van der Waals surface area contributed by atoms with E-state index in [2.05, 4.69) is 23.5 Å².